The Bertz CT molecular complexity index is 346. The van der Waals surface area contributed by atoms with Crippen LogP contribution in [0.1, 0.15) is 26.7 Å². The van der Waals surface area contributed by atoms with Gasteiger partial charge >= 0.3 is 0 Å². The molecule has 1 rings (SSSR count). The largest absolute Gasteiger partial charge is 0.491 e. The zero-order chi connectivity index (χ0) is 12.9. The van der Waals surface area contributed by atoms with Crippen molar-refractivity contribution in [1.29, 1.82) is 0 Å². The number of aliphatic hydroxyl groups is 1. The molecule has 1 aromatic rings. The van der Waals surface area contributed by atoms with Crippen LogP contribution in [0.3, 0.4) is 0 Å². The molecule has 0 unspecified atom stereocenters. The van der Waals surface area contributed by atoms with E-state index >= 15 is 0 Å². The third-order valence-corrected chi connectivity index (χ3v) is 3.16. The summed E-state index contributed by atoms with van der Waals surface area (Å²) in [5.74, 6) is 0.802. The molecule has 0 spiro atoms. The lowest BCUT2D eigenvalue weighted by Crippen LogP contribution is -2.34. The predicted molar refractivity (Wildman–Crippen MR) is 71.8 cm³/mol. The van der Waals surface area contributed by atoms with Gasteiger partial charge in [0.15, 0.2) is 0 Å². The number of nitrogens with zero attached hydrogens (tertiary/aromatic N) is 1. The number of ether oxygens (including phenoxy) is 1. The van der Waals surface area contributed by atoms with Gasteiger partial charge in [0.05, 0.1) is 5.60 Å². The second kappa shape index (κ2) is 5.92. The van der Waals surface area contributed by atoms with Crippen LogP contribution in [0.5, 0.6) is 5.75 Å². The minimum absolute atomic E-state index is 0.344. The van der Waals surface area contributed by atoms with Crippen LogP contribution in [0, 0.1) is 0 Å². The molecule has 0 saturated carbocycles. The lowest BCUT2D eigenvalue weighted by molar-refractivity contribution is -0.0113. The van der Waals surface area contributed by atoms with Gasteiger partial charge in [-0.3, -0.25) is 0 Å². The van der Waals surface area contributed by atoms with Gasteiger partial charge in [0.1, 0.15) is 12.4 Å². The average molecular weight is 237 g/mol. The van der Waals surface area contributed by atoms with Crippen LogP contribution in [-0.4, -0.2) is 31.4 Å². The molecule has 1 N–H and O–H groups in total. The summed E-state index contributed by atoms with van der Waals surface area (Å²) < 4.78 is 5.67. The number of hydrogen-bond acceptors (Lipinski definition) is 3. The summed E-state index contributed by atoms with van der Waals surface area (Å²) in [7, 11) is 3.99. The zero-order valence-corrected chi connectivity index (χ0v) is 11.2. The summed E-state index contributed by atoms with van der Waals surface area (Å²) in [5.41, 5.74) is 0.382. The molecule has 3 nitrogen and oxygen atoms in total. The van der Waals surface area contributed by atoms with E-state index in [0.29, 0.717) is 19.4 Å². The highest BCUT2D eigenvalue weighted by Crippen LogP contribution is 2.22. The van der Waals surface area contributed by atoms with E-state index in [0.717, 1.165) is 11.4 Å². The monoisotopic (exact) mass is 237 g/mol. The Morgan fingerprint density at radius 3 is 2.41 bits per heavy atom. The number of benzene rings is 1. The molecule has 0 aliphatic carbocycles. The zero-order valence-electron chi connectivity index (χ0n) is 11.2. The molecular weight excluding hydrogens is 214 g/mol. The minimum Gasteiger partial charge on any atom is -0.491 e. The first kappa shape index (κ1) is 13.8. The maximum Gasteiger partial charge on any atom is 0.121 e. The molecular formula is C14H23NO2. The topological polar surface area (TPSA) is 32.7 Å². The molecule has 3 heteroatoms. The fourth-order valence-corrected chi connectivity index (χ4v) is 1.52. The highest BCUT2D eigenvalue weighted by molar-refractivity contribution is 5.49. The average Bonchev–Trinajstić information content (AvgIpc) is 2.36. The molecule has 0 aliphatic rings. The van der Waals surface area contributed by atoms with Gasteiger partial charge in [-0.25, -0.2) is 0 Å². The molecule has 0 aromatic heterocycles. The minimum atomic E-state index is -0.714. The van der Waals surface area contributed by atoms with E-state index in [9.17, 15) is 5.11 Å². The van der Waals surface area contributed by atoms with Crippen molar-refractivity contribution >= 4 is 5.69 Å². The molecule has 0 atom stereocenters. The van der Waals surface area contributed by atoms with Crippen molar-refractivity contribution in [3.63, 3.8) is 0 Å². The van der Waals surface area contributed by atoms with E-state index in [1.54, 1.807) is 0 Å². The maximum atomic E-state index is 10.1. The van der Waals surface area contributed by atoms with Gasteiger partial charge in [-0.15, -0.1) is 0 Å². The van der Waals surface area contributed by atoms with Gasteiger partial charge in [-0.05, 0) is 25.0 Å². The van der Waals surface area contributed by atoms with Crippen molar-refractivity contribution in [2.24, 2.45) is 0 Å². The Morgan fingerprint density at radius 2 is 1.88 bits per heavy atom. The molecule has 0 saturated heterocycles. The van der Waals surface area contributed by atoms with E-state index in [1.165, 1.54) is 0 Å². The first-order chi connectivity index (χ1) is 8.00. The van der Waals surface area contributed by atoms with Crippen molar-refractivity contribution in [1.82, 2.24) is 0 Å². The van der Waals surface area contributed by atoms with E-state index in [4.69, 9.17) is 4.74 Å². The Morgan fingerprint density at radius 1 is 1.24 bits per heavy atom. The normalized spacial score (nSPS) is 11.4. The summed E-state index contributed by atoms with van der Waals surface area (Å²) in [5, 5.41) is 10.1. The first-order valence-corrected chi connectivity index (χ1v) is 6.13. The molecule has 1 aromatic carbocycles. The number of rotatable bonds is 6. The van der Waals surface area contributed by atoms with Gasteiger partial charge in [-0.2, -0.15) is 0 Å². The van der Waals surface area contributed by atoms with Crippen LogP contribution in [0.2, 0.25) is 0 Å². The molecule has 0 bridgehead atoms. The summed E-state index contributed by atoms with van der Waals surface area (Å²) in [6, 6.07) is 7.88. The molecule has 96 valence electrons. The van der Waals surface area contributed by atoms with Gasteiger partial charge in [0.2, 0.25) is 0 Å². The molecule has 0 aliphatic heterocycles. The molecule has 0 heterocycles. The molecule has 0 amide bonds. The van der Waals surface area contributed by atoms with Crippen LogP contribution < -0.4 is 9.64 Å². The van der Waals surface area contributed by atoms with Crippen LogP contribution in [-0.2, 0) is 0 Å². The van der Waals surface area contributed by atoms with Gasteiger partial charge in [0.25, 0.3) is 0 Å². The summed E-state index contributed by atoms with van der Waals surface area (Å²) >= 11 is 0. The standard InChI is InChI=1S/C14H23NO2/c1-5-14(16,6-2)11-17-13-9-7-8-12(10-13)15(3)4/h7-10,16H,5-6,11H2,1-4H3. The highest BCUT2D eigenvalue weighted by atomic mass is 16.5. The van der Waals surface area contributed by atoms with Crippen molar-refractivity contribution in [3.8, 4) is 5.75 Å². The van der Waals surface area contributed by atoms with Gasteiger partial charge in [-0.1, -0.05) is 19.9 Å². The van der Waals surface area contributed by atoms with Gasteiger partial charge < -0.3 is 14.7 Å². The lowest BCUT2D eigenvalue weighted by atomic mass is 9.99. The van der Waals surface area contributed by atoms with Crippen LogP contribution in [0.25, 0.3) is 0 Å². The third-order valence-electron chi connectivity index (χ3n) is 3.16. The lowest BCUT2D eigenvalue weighted by Gasteiger charge is -2.25. The summed E-state index contributed by atoms with van der Waals surface area (Å²) in [6.45, 7) is 4.29. The first-order valence-electron chi connectivity index (χ1n) is 6.13. The SMILES string of the molecule is CCC(O)(CC)COc1cccc(N(C)C)c1. The summed E-state index contributed by atoms with van der Waals surface area (Å²) in [4.78, 5) is 2.03. The van der Waals surface area contributed by atoms with E-state index in [-0.39, 0.29) is 0 Å². The number of anilines is 1. The Balaban J connectivity index is 2.66. The summed E-state index contributed by atoms with van der Waals surface area (Å²) in [6.07, 6.45) is 1.41. The molecule has 0 fully saturated rings. The Kier molecular flexibility index (Phi) is 4.82. The molecule has 0 radical (unpaired) electrons. The van der Waals surface area contributed by atoms with Crippen LogP contribution >= 0.6 is 0 Å². The quantitative estimate of drug-likeness (QED) is 0.825. The van der Waals surface area contributed by atoms with E-state index in [2.05, 4.69) is 0 Å². The van der Waals surface area contributed by atoms with Crippen molar-refractivity contribution in [2.45, 2.75) is 32.3 Å². The Hall–Kier alpha value is -1.22. The van der Waals surface area contributed by atoms with Crippen molar-refractivity contribution < 1.29 is 9.84 Å². The van der Waals surface area contributed by atoms with Gasteiger partial charge in [0, 0.05) is 25.8 Å². The van der Waals surface area contributed by atoms with Crippen LogP contribution in [0.4, 0.5) is 5.69 Å². The van der Waals surface area contributed by atoms with E-state index in [1.807, 2.05) is 57.1 Å². The predicted octanol–water partition coefficient (Wildman–Crippen LogP) is 2.68. The fraction of sp³-hybridized carbons (Fsp3) is 0.571. The maximum absolute atomic E-state index is 10.1. The van der Waals surface area contributed by atoms with E-state index < -0.39 is 5.60 Å². The highest BCUT2D eigenvalue weighted by Gasteiger charge is 2.23. The fourth-order valence-electron chi connectivity index (χ4n) is 1.52. The number of hydrogen-bond donors (Lipinski definition) is 1. The smallest absolute Gasteiger partial charge is 0.121 e. The van der Waals surface area contributed by atoms with Crippen molar-refractivity contribution in [3.05, 3.63) is 24.3 Å². The second-order valence-corrected chi connectivity index (χ2v) is 4.61. The molecule has 17 heavy (non-hydrogen) atoms. The second-order valence-electron chi connectivity index (χ2n) is 4.61. The third kappa shape index (κ3) is 3.93. The Labute approximate surface area is 104 Å². The van der Waals surface area contributed by atoms with Crippen LogP contribution in [0.15, 0.2) is 24.3 Å². The van der Waals surface area contributed by atoms with Crippen molar-refractivity contribution in [2.75, 3.05) is 25.6 Å².